The predicted octanol–water partition coefficient (Wildman–Crippen LogP) is 0.944. The van der Waals surface area contributed by atoms with Gasteiger partial charge in [0, 0.05) is 5.41 Å². The lowest BCUT2D eigenvalue weighted by Crippen LogP contribution is -2.71. The highest BCUT2D eigenvalue weighted by atomic mass is 16.7. The molecule has 0 radical (unpaired) electrons. The van der Waals surface area contributed by atoms with Gasteiger partial charge in [-0.1, -0.05) is 46.3 Å². The summed E-state index contributed by atoms with van der Waals surface area (Å²) in [6.45, 7) is 9.13. The molecule has 48 heavy (non-hydrogen) atoms. The smallest absolute Gasteiger partial charge is 0.312 e. The van der Waals surface area contributed by atoms with Crippen LogP contribution in [0.5, 0.6) is 0 Å². The monoisotopic (exact) mass is 682 g/mol. The van der Waals surface area contributed by atoms with Crippen molar-refractivity contribution in [1.82, 2.24) is 0 Å². The normalized spacial score (nSPS) is 52.6. The van der Waals surface area contributed by atoms with E-state index in [2.05, 4.69) is 40.7 Å². The molecule has 12 nitrogen and oxygen atoms in total. The number of carboxylic acids is 1. The van der Waals surface area contributed by atoms with E-state index < -0.39 is 102 Å². The third kappa shape index (κ3) is 4.73. The van der Waals surface area contributed by atoms with Crippen LogP contribution in [0.15, 0.2) is 11.6 Å². The van der Waals surface area contributed by atoms with Crippen LogP contribution in [0.1, 0.15) is 86.0 Å². The number of carboxylic acid groups (broad SMARTS) is 1. The molecule has 5 aliphatic carbocycles. The molecule has 0 aromatic carbocycles. The Balaban J connectivity index is 1.38. The lowest BCUT2D eigenvalue weighted by molar-refractivity contribution is -0.349. The molecule has 0 bridgehead atoms. The largest absolute Gasteiger partial charge is 0.481 e. The Morgan fingerprint density at radius 2 is 1.54 bits per heavy atom. The zero-order valence-corrected chi connectivity index (χ0v) is 29.0. The highest BCUT2D eigenvalue weighted by molar-refractivity contribution is 5.77. The minimum Gasteiger partial charge on any atom is -0.481 e. The summed E-state index contributed by atoms with van der Waals surface area (Å²) in [4.78, 5) is 13.0. The Labute approximate surface area is 282 Å². The second kappa shape index (κ2) is 11.9. The van der Waals surface area contributed by atoms with E-state index in [0.29, 0.717) is 38.5 Å². The van der Waals surface area contributed by atoms with Crippen molar-refractivity contribution in [1.29, 1.82) is 0 Å². The number of aliphatic hydroxyl groups excluding tert-OH is 8. The molecule has 1 heterocycles. The molecule has 5 fully saturated rings. The van der Waals surface area contributed by atoms with Gasteiger partial charge in [0.05, 0.1) is 38.1 Å². The van der Waals surface area contributed by atoms with Crippen molar-refractivity contribution in [2.45, 2.75) is 135 Å². The van der Waals surface area contributed by atoms with Crippen LogP contribution in [0, 0.1) is 50.2 Å². The molecule has 6 aliphatic rings. The second-order valence-corrected chi connectivity index (χ2v) is 17.9. The fraction of sp³-hybridized carbons (Fsp3) is 0.917. The standard InChI is InChI=1S/C36H58O12/c1-31(2)10-11-36(30(45)46)19(12-31)18-6-7-22-32(3)13-20(40)28(48-29-27(44)26(43)25(42)21(15-37)47-29)35(16-38,17-39)23(32)8-9-33(22,4)34(18,5)14-24(36)41/h6,19-29,37-44H,7-17H2,1-5H3,(H,45,46)/t19-,20+,21-,22-,23?,24-,25-,26+,27-,28+,29+,32-,33-,34-,36-/m1/s1. The van der Waals surface area contributed by atoms with Gasteiger partial charge in [0.25, 0.3) is 0 Å². The number of aliphatic carboxylic acids is 1. The van der Waals surface area contributed by atoms with Crippen LogP contribution >= 0.6 is 0 Å². The SMILES string of the molecule is CC1(C)CC[C@]2(C(=O)O)[C@H](O)C[C@]3(C)C(=CC[C@@H]4[C@@]5(C)C[C@H](O)[C@H](O[C@@H]6O[C@H](CO)[C@@H](O)[C@H](O)[C@H]6O)C(CO)(CO)C5CC[C@]43C)[C@H]2C1. The zero-order valence-electron chi connectivity index (χ0n) is 29.0. The number of aliphatic hydroxyl groups is 8. The fourth-order valence-electron chi connectivity index (χ4n) is 12.5. The van der Waals surface area contributed by atoms with Crippen molar-refractivity contribution in [3.63, 3.8) is 0 Å². The molecule has 1 saturated heterocycles. The Hall–Kier alpha value is -1.19. The Bertz CT molecular complexity index is 1280. The van der Waals surface area contributed by atoms with Crippen molar-refractivity contribution in [2.24, 2.45) is 50.2 Å². The molecular weight excluding hydrogens is 624 g/mol. The van der Waals surface area contributed by atoms with E-state index in [1.54, 1.807) is 0 Å². The van der Waals surface area contributed by atoms with Gasteiger partial charge >= 0.3 is 5.97 Å². The number of allylic oxidation sites excluding steroid dienone is 2. The first-order chi connectivity index (χ1) is 22.3. The average Bonchev–Trinajstić information content (AvgIpc) is 3.01. The number of hydrogen-bond donors (Lipinski definition) is 9. The van der Waals surface area contributed by atoms with Crippen LogP contribution in [-0.4, -0.2) is 121 Å². The fourth-order valence-corrected chi connectivity index (χ4v) is 12.5. The number of rotatable bonds is 6. The summed E-state index contributed by atoms with van der Waals surface area (Å²) >= 11 is 0. The maximum absolute atomic E-state index is 13.0. The molecular formula is C36H58O12. The van der Waals surface area contributed by atoms with Crippen molar-refractivity contribution in [2.75, 3.05) is 19.8 Å². The van der Waals surface area contributed by atoms with Crippen LogP contribution in [0.3, 0.4) is 0 Å². The number of fused-ring (bicyclic) bond motifs is 7. The summed E-state index contributed by atoms with van der Waals surface area (Å²) in [7, 11) is 0. The van der Waals surface area contributed by atoms with Gasteiger partial charge in [0.2, 0.25) is 0 Å². The van der Waals surface area contributed by atoms with E-state index in [1.807, 2.05) is 0 Å². The lowest BCUT2D eigenvalue weighted by Gasteiger charge is -2.72. The topological polar surface area (TPSA) is 218 Å². The van der Waals surface area contributed by atoms with E-state index in [9.17, 15) is 50.8 Å². The summed E-state index contributed by atoms with van der Waals surface area (Å²) in [5.74, 6) is -1.65. The molecule has 274 valence electrons. The zero-order chi connectivity index (χ0) is 35.4. The highest BCUT2D eigenvalue weighted by Crippen LogP contribution is 2.76. The van der Waals surface area contributed by atoms with Gasteiger partial charge in [-0.25, -0.2) is 0 Å². The van der Waals surface area contributed by atoms with E-state index >= 15 is 0 Å². The minimum absolute atomic E-state index is 0.0565. The maximum Gasteiger partial charge on any atom is 0.312 e. The van der Waals surface area contributed by atoms with Crippen LogP contribution in [0.25, 0.3) is 0 Å². The van der Waals surface area contributed by atoms with Crippen molar-refractivity contribution in [3.8, 4) is 0 Å². The molecule has 12 heteroatoms. The van der Waals surface area contributed by atoms with E-state index in [1.165, 1.54) is 0 Å². The van der Waals surface area contributed by atoms with Gasteiger partial charge < -0.3 is 55.4 Å². The van der Waals surface area contributed by atoms with Crippen molar-refractivity contribution >= 4 is 5.97 Å². The first kappa shape index (κ1) is 36.6. The Morgan fingerprint density at radius 1 is 0.875 bits per heavy atom. The third-order valence-electron chi connectivity index (χ3n) is 15.3. The molecule has 0 aromatic rings. The van der Waals surface area contributed by atoms with E-state index in [4.69, 9.17) is 9.47 Å². The summed E-state index contributed by atoms with van der Waals surface area (Å²) in [6, 6.07) is 0. The summed E-state index contributed by atoms with van der Waals surface area (Å²) in [6.07, 6.45) is -4.81. The van der Waals surface area contributed by atoms with Crippen LogP contribution < -0.4 is 0 Å². The van der Waals surface area contributed by atoms with Gasteiger partial charge in [0.15, 0.2) is 6.29 Å². The average molecular weight is 683 g/mol. The first-order valence-electron chi connectivity index (χ1n) is 17.8. The molecule has 0 amide bonds. The molecule has 0 aromatic heterocycles. The quantitative estimate of drug-likeness (QED) is 0.141. The molecule has 9 N–H and O–H groups in total. The predicted molar refractivity (Wildman–Crippen MR) is 171 cm³/mol. The molecule has 1 unspecified atom stereocenters. The van der Waals surface area contributed by atoms with Gasteiger partial charge in [-0.3, -0.25) is 4.79 Å². The van der Waals surface area contributed by atoms with Crippen LogP contribution in [-0.2, 0) is 14.3 Å². The van der Waals surface area contributed by atoms with Gasteiger partial charge in [-0.2, -0.15) is 0 Å². The number of ether oxygens (including phenoxy) is 2. The molecule has 4 saturated carbocycles. The molecule has 6 rings (SSSR count). The highest BCUT2D eigenvalue weighted by Gasteiger charge is 2.73. The van der Waals surface area contributed by atoms with Crippen molar-refractivity contribution < 1.29 is 60.2 Å². The Morgan fingerprint density at radius 3 is 2.15 bits per heavy atom. The van der Waals surface area contributed by atoms with Gasteiger partial charge in [-0.15, -0.1) is 0 Å². The lowest BCUT2D eigenvalue weighted by atomic mass is 9.33. The van der Waals surface area contributed by atoms with E-state index in [0.717, 1.165) is 12.0 Å². The summed E-state index contributed by atoms with van der Waals surface area (Å²) in [5.41, 5.74) is -3.13. The number of hydrogen-bond acceptors (Lipinski definition) is 11. The molecule has 15 atom stereocenters. The maximum atomic E-state index is 13.0. The van der Waals surface area contributed by atoms with Gasteiger partial charge in [0.1, 0.15) is 29.8 Å². The van der Waals surface area contributed by atoms with E-state index in [-0.39, 0.29) is 29.6 Å². The molecule has 1 aliphatic heterocycles. The summed E-state index contributed by atoms with van der Waals surface area (Å²) in [5, 5.41) is 97.7. The van der Waals surface area contributed by atoms with Gasteiger partial charge in [-0.05, 0) is 90.8 Å². The van der Waals surface area contributed by atoms with Crippen LogP contribution in [0.2, 0.25) is 0 Å². The second-order valence-electron chi connectivity index (χ2n) is 17.9. The first-order valence-corrected chi connectivity index (χ1v) is 17.8. The third-order valence-corrected chi connectivity index (χ3v) is 15.3. The molecule has 0 spiro atoms. The van der Waals surface area contributed by atoms with Crippen molar-refractivity contribution in [3.05, 3.63) is 11.6 Å². The minimum atomic E-state index is -1.71. The van der Waals surface area contributed by atoms with Crippen LogP contribution in [0.4, 0.5) is 0 Å². The summed E-state index contributed by atoms with van der Waals surface area (Å²) < 4.78 is 11.8. The number of carbonyl (C=O) groups is 1. The Kier molecular flexibility index (Phi) is 9.10.